The number of hydrogen-bond donors (Lipinski definition) is 2. The molecule has 0 radical (unpaired) electrons. The molecule has 3 nitrogen and oxygen atoms in total. The molecule has 1 aromatic heterocycles. The lowest BCUT2D eigenvalue weighted by Crippen LogP contribution is -2.25. The molecular weight excluding hydrogens is 287 g/mol. The number of aromatic nitrogens is 2. The summed E-state index contributed by atoms with van der Waals surface area (Å²) in [6.07, 6.45) is 6.63. The summed E-state index contributed by atoms with van der Waals surface area (Å²) < 4.78 is 14.6. The van der Waals surface area contributed by atoms with E-state index in [1.54, 1.807) is 24.4 Å². The molecule has 1 aliphatic carbocycles. The molecule has 0 saturated carbocycles. The minimum Gasteiger partial charge on any atom is -0.337 e. The molecule has 5 heteroatoms. The van der Waals surface area contributed by atoms with Gasteiger partial charge in [-0.3, -0.25) is 0 Å². The number of benzene rings is 1. The Morgan fingerprint density at radius 3 is 2.86 bits per heavy atom. The maximum Gasteiger partial charge on any atom is 0.174 e. The quantitative estimate of drug-likeness (QED) is 0.666. The molecule has 1 unspecified atom stereocenters. The van der Waals surface area contributed by atoms with Crippen LogP contribution in [-0.2, 0) is 11.2 Å². The van der Waals surface area contributed by atoms with E-state index in [9.17, 15) is 9.18 Å². The lowest BCUT2D eigenvalue weighted by molar-refractivity contribution is -0.113. The fraction of sp³-hybridized carbons (Fsp3) is 0.250. The minimum atomic E-state index is -0.692. The smallest absolute Gasteiger partial charge is 0.174 e. The number of carbonyl (C=O) groups is 1. The standard InChI is InChI=1S/C16H15FN2OS/c17-14-6-2-1-4-12(14)13-5-3-7-16(13,10-20)8-11-9-18-15(21)19-11/h1-2,4-6,9-10H,3,7-8H2,(H2,18,19,21). The van der Waals surface area contributed by atoms with Crippen LogP contribution >= 0.6 is 12.2 Å². The zero-order valence-corrected chi connectivity index (χ0v) is 12.2. The predicted octanol–water partition coefficient (Wildman–Crippen LogP) is 3.82. The van der Waals surface area contributed by atoms with Crippen LogP contribution in [0.5, 0.6) is 0 Å². The summed E-state index contributed by atoms with van der Waals surface area (Å²) in [6.45, 7) is 0. The average Bonchev–Trinajstić information content (AvgIpc) is 3.07. The van der Waals surface area contributed by atoms with Crippen molar-refractivity contribution in [3.63, 3.8) is 0 Å². The van der Waals surface area contributed by atoms with Crippen molar-refractivity contribution >= 4 is 24.1 Å². The van der Waals surface area contributed by atoms with E-state index in [1.165, 1.54) is 6.07 Å². The molecule has 0 spiro atoms. The SMILES string of the molecule is O=CC1(Cc2c[nH]c(=S)[nH]2)CCC=C1c1ccccc1F. The van der Waals surface area contributed by atoms with E-state index >= 15 is 0 Å². The summed E-state index contributed by atoms with van der Waals surface area (Å²) in [4.78, 5) is 17.7. The molecule has 0 amide bonds. The summed E-state index contributed by atoms with van der Waals surface area (Å²) in [6, 6.07) is 6.59. The van der Waals surface area contributed by atoms with Gasteiger partial charge in [-0.25, -0.2) is 4.39 Å². The molecule has 1 aromatic carbocycles. The number of H-pyrrole nitrogens is 2. The molecule has 3 rings (SSSR count). The summed E-state index contributed by atoms with van der Waals surface area (Å²) in [5, 5.41) is 0. The van der Waals surface area contributed by atoms with E-state index in [-0.39, 0.29) is 5.82 Å². The minimum absolute atomic E-state index is 0.293. The summed E-state index contributed by atoms with van der Waals surface area (Å²) in [7, 11) is 0. The lowest BCUT2D eigenvalue weighted by Gasteiger charge is -2.26. The lowest BCUT2D eigenvalue weighted by atomic mass is 9.76. The maximum absolute atomic E-state index is 14.1. The highest BCUT2D eigenvalue weighted by molar-refractivity contribution is 7.71. The van der Waals surface area contributed by atoms with E-state index in [0.29, 0.717) is 23.2 Å². The number of halogens is 1. The van der Waals surface area contributed by atoms with Crippen LogP contribution in [0.3, 0.4) is 0 Å². The molecule has 2 N–H and O–H groups in total. The van der Waals surface area contributed by atoms with Gasteiger partial charge in [-0.15, -0.1) is 0 Å². The summed E-state index contributed by atoms with van der Waals surface area (Å²) in [5.74, 6) is -0.293. The van der Waals surface area contributed by atoms with Gasteiger partial charge >= 0.3 is 0 Å². The van der Waals surface area contributed by atoms with Crippen LogP contribution in [0.2, 0.25) is 0 Å². The Bertz CT molecular complexity index is 761. The molecule has 1 aliphatic rings. The molecule has 2 aromatic rings. The zero-order chi connectivity index (χ0) is 14.9. The van der Waals surface area contributed by atoms with Crippen LogP contribution in [-0.4, -0.2) is 16.3 Å². The maximum atomic E-state index is 14.1. The van der Waals surface area contributed by atoms with Crippen molar-refractivity contribution in [1.82, 2.24) is 9.97 Å². The normalized spacial score (nSPS) is 21.3. The van der Waals surface area contributed by atoms with E-state index in [0.717, 1.165) is 24.0 Å². The van der Waals surface area contributed by atoms with Crippen molar-refractivity contribution in [2.24, 2.45) is 5.41 Å². The molecule has 21 heavy (non-hydrogen) atoms. The topological polar surface area (TPSA) is 48.6 Å². The van der Waals surface area contributed by atoms with Gasteiger partial charge in [-0.05, 0) is 36.7 Å². The van der Waals surface area contributed by atoms with Crippen LogP contribution in [0.25, 0.3) is 5.57 Å². The Morgan fingerprint density at radius 1 is 1.38 bits per heavy atom. The molecule has 0 saturated heterocycles. The van der Waals surface area contributed by atoms with Gasteiger partial charge in [0.05, 0.1) is 5.41 Å². The summed E-state index contributed by atoms with van der Waals surface area (Å²) in [5.41, 5.74) is 1.45. The van der Waals surface area contributed by atoms with Gasteiger partial charge in [0, 0.05) is 23.9 Å². The second kappa shape index (κ2) is 5.41. The van der Waals surface area contributed by atoms with Crippen molar-refractivity contribution in [3.05, 3.63) is 58.4 Å². The highest BCUT2D eigenvalue weighted by Crippen LogP contribution is 2.46. The Hall–Kier alpha value is -2.01. The molecule has 0 bridgehead atoms. The number of aldehydes is 1. The van der Waals surface area contributed by atoms with E-state index in [4.69, 9.17) is 12.2 Å². The molecule has 108 valence electrons. The average molecular weight is 302 g/mol. The Labute approximate surface area is 126 Å². The third kappa shape index (κ3) is 2.49. The van der Waals surface area contributed by atoms with E-state index in [2.05, 4.69) is 9.97 Å². The molecular formula is C16H15FN2OS. The van der Waals surface area contributed by atoms with Crippen LogP contribution in [0.1, 0.15) is 24.1 Å². The second-order valence-corrected chi connectivity index (χ2v) is 5.76. The van der Waals surface area contributed by atoms with Crippen molar-refractivity contribution in [1.29, 1.82) is 0 Å². The Morgan fingerprint density at radius 2 is 2.19 bits per heavy atom. The fourth-order valence-corrected chi connectivity index (χ4v) is 3.21. The van der Waals surface area contributed by atoms with Gasteiger partial charge in [0.1, 0.15) is 12.1 Å². The van der Waals surface area contributed by atoms with Crippen LogP contribution in [0.15, 0.2) is 36.5 Å². The Kier molecular flexibility index (Phi) is 3.59. The molecule has 0 aliphatic heterocycles. The fourth-order valence-electron chi connectivity index (χ4n) is 3.02. The molecule has 1 atom stereocenters. The van der Waals surface area contributed by atoms with Crippen LogP contribution in [0.4, 0.5) is 4.39 Å². The van der Waals surface area contributed by atoms with Gasteiger partial charge in [0.15, 0.2) is 4.77 Å². The highest BCUT2D eigenvalue weighted by atomic mass is 32.1. The first-order valence-electron chi connectivity index (χ1n) is 6.83. The largest absolute Gasteiger partial charge is 0.337 e. The molecule has 1 heterocycles. The van der Waals surface area contributed by atoms with E-state index < -0.39 is 5.41 Å². The first-order valence-corrected chi connectivity index (χ1v) is 7.24. The number of aromatic amines is 2. The second-order valence-electron chi connectivity index (χ2n) is 5.36. The summed E-state index contributed by atoms with van der Waals surface area (Å²) >= 11 is 5.02. The van der Waals surface area contributed by atoms with Crippen molar-refractivity contribution in [3.8, 4) is 0 Å². The number of imidazole rings is 1. The first kappa shape index (κ1) is 13.9. The number of allylic oxidation sites excluding steroid dienone is 2. The van der Waals surface area contributed by atoms with Gasteiger partial charge in [-0.1, -0.05) is 24.3 Å². The number of carbonyl (C=O) groups excluding carboxylic acids is 1. The van der Waals surface area contributed by atoms with Crippen LogP contribution < -0.4 is 0 Å². The van der Waals surface area contributed by atoms with Crippen molar-refractivity contribution < 1.29 is 9.18 Å². The van der Waals surface area contributed by atoms with Gasteiger partial charge in [-0.2, -0.15) is 0 Å². The number of hydrogen-bond acceptors (Lipinski definition) is 2. The number of nitrogens with one attached hydrogen (secondary N) is 2. The zero-order valence-electron chi connectivity index (χ0n) is 11.4. The predicted molar refractivity (Wildman–Crippen MR) is 81.8 cm³/mol. The van der Waals surface area contributed by atoms with Crippen LogP contribution in [0, 0.1) is 16.0 Å². The number of rotatable bonds is 4. The van der Waals surface area contributed by atoms with Gasteiger partial charge in [0.2, 0.25) is 0 Å². The van der Waals surface area contributed by atoms with Gasteiger partial charge < -0.3 is 14.8 Å². The van der Waals surface area contributed by atoms with Crippen molar-refractivity contribution in [2.75, 3.05) is 0 Å². The molecule has 0 fully saturated rings. The highest BCUT2D eigenvalue weighted by Gasteiger charge is 2.39. The Balaban J connectivity index is 2.01. The third-order valence-electron chi connectivity index (χ3n) is 4.02. The van der Waals surface area contributed by atoms with Crippen molar-refractivity contribution in [2.45, 2.75) is 19.3 Å². The monoisotopic (exact) mass is 302 g/mol. The first-order chi connectivity index (χ1) is 10.1. The third-order valence-corrected chi connectivity index (χ3v) is 4.24. The van der Waals surface area contributed by atoms with E-state index in [1.807, 2.05) is 6.08 Å². The van der Waals surface area contributed by atoms with Gasteiger partial charge in [0.25, 0.3) is 0 Å².